The van der Waals surface area contributed by atoms with Gasteiger partial charge in [0.2, 0.25) is 5.88 Å². The molecule has 0 aromatic carbocycles. The van der Waals surface area contributed by atoms with Crippen LogP contribution in [0.2, 0.25) is 0 Å². The second kappa shape index (κ2) is 8.69. The van der Waals surface area contributed by atoms with E-state index in [1.54, 1.807) is 6.92 Å². The van der Waals surface area contributed by atoms with Crippen molar-refractivity contribution in [3.05, 3.63) is 35.5 Å². The minimum Gasteiger partial charge on any atom is -0.464 e. The second-order valence-corrected chi connectivity index (χ2v) is 4.03. The number of nitrogens with zero attached hydrogens (tertiary/aromatic N) is 1. The summed E-state index contributed by atoms with van der Waals surface area (Å²) in [7, 11) is 0. The van der Waals surface area contributed by atoms with Gasteiger partial charge in [-0.2, -0.15) is 8.78 Å². The van der Waals surface area contributed by atoms with Gasteiger partial charge in [0.25, 0.3) is 6.08 Å². The maximum absolute atomic E-state index is 12.2. The molecule has 0 unspecified atom stereocenters. The number of ether oxygens (including phenoxy) is 2. The Balaban J connectivity index is 2.47. The van der Waals surface area contributed by atoms with Gasteiger partial charge in [0.05, 0.1) is 12.2 Å². The fourth-order valence-corrected chi connectivity index (χ4v) is 1.24. The predicted octanol–water partition coefficient (Wildman–Crippen LogP) is 3.20. The molecule has 0 bridgehead atoms. The highest BCUT2D eigenvalue weighted by molar-refractivity contribution is 5.89. The fraction of sp³-hybridized carbons (Fsp3) is 0.333. The minimum absolute atomic E-state index is 0.00160. The Morgan fingerprint density at radius 3 is 2.71 bits per heavy atom. The van der Waals surface area contributed by atoms with Crippen LogP contribution in [0.3, 0.4) is 0 Å². The van der Waals surface area contributed by atoms with Gasteiger partial charge >= 0.3 is 5.97 Å². The molecule has 1 rings (SSSR count). The van der Waals surface area contributed by atoms with Crippen LogP contribution in [0.5, 0.6) is 5.88 Å². The molecule has 0 atom stereocenters. The van der Waals surface area contributed by atoms with Crippen LogP contribution < -0.4 is 4.74 Å². The normalized spacial score (nSPS) is 9.33. The van der Waals surface area contributed by atoms with E-state index >= 15 is 0 Å². The van der Waals surface area contributed by atoms with Crippen LogP contribution in [-0.4, -0.2) is 24.2 Å². The summed E-state index contributed by atoms with van der Waals surface area (Å²) in [4.78, 5) is 15.6. The summed E-state index contributed by atoms with van der Waals surface area (Å²) in [5.41, 5.74) is 0.132. The van der Waals surface area contributed by atoms with Gasteiger partial charge < -0.3 is 9.47 Å². The predicted molar refractivity (Wildman–Crippen MR) is 73.0 cm³/mol. The molecule has 0 radical (unpaired) electrons. The van der Waals surface area contributed by atoms with Gasteiger partial charge in [-0.25, -0.2) is 9.78 Å². The maximum Gasteiger partial charge on any atom is 0.339 e. The molecule has 0 aliphatic heterocycles. The van der Waals surface area contributed by atoms with Gasteiger partial charge in [0, 0.05) is 18.7 Å². The molecule has 0 N–H and O–H groups in total. The second-order valence-electron chi connectivity index (χ2n) is 4.03. The van der Waals surface area contributed by atoms with Crippen molar-refractivity contribution in [1.29, 1.82) is 0 Å². The van der Waals surface area contributed by atoms with Gasteiger partial charge in [0.1, 0.15) is 0 Å². The van der Waals surface area contributed by atoms with Gasteiger partial charge in [-0.15, -0.1) is 5.92 Å². The summed E-state index contributed by atoms with van der Waals surface area (Å²) in [6.45, 7) is 3.09. The molecule has 6 heteroatoms. The van der Waals surface area contributed by atoms with E-state index in [0.717, 1.165) is 0 Å². The van der Waals surface area contributed by atoms with Crippen LogP contribution in [0.1, 0.15) is 30.6 Å². The number of hydrogen-bond donors (Lipinski definition) is 0. The number of rotatable bonds is 6. The molecule has 0 spiro atoms. The van der Waals surface area contributed by atoms with Crippen LogP contribution in [0, 0.1) is 11.8 Å². The van der Waals surface area contributed by atoms with E-state index in [0.29, 0.717) is 5.88 Å². The van der Waals surface area contributed by atoms with E-state index in [4.69, 9.17) is 9.47 Å². The van der Waals surface area contributed by atoms with Crippen LogP contribution in [-0.2, 0) is 4.74 Å². The number of esters is 1. The molecule has 1 aromatic rings. The lowest BCUT2D eigenvalue weighted by molar-refractivity contribution is 0.0507. The number of hydrogen-bond acceptors (Lipinski definition) is 4. The molecule has 4 nitrogen and oxygen atoms in total. The molecular weight excluding hydrogens is 280 g/mol. The Hall–Kier alpha value is -2.42. The van der Waals surface area contributed by atoms with E-state index in [1.807, 2.05) is 0 Å². The minimum atomic E-state index is -1.75. The first kappa shape index (κ1) is 16.6. The Kier molecular flexibility index (Phi) is 6.88. The van der Waals surface area contributed by atoms with E-state index in [1.165, 1.54) is 25.3 Å². The molecule has 0 fully saturated rings. The topological polar surface area (TPSA) is 48.4 Å². The third-order valence-electron chi connectivity index (χ3n) is 2.47. The zero-order chi connectivity index (χ0) is 15.7. The SMILES string of the molecule is CC#CCOc1ccc(C(=O)OCCC(C)=C(F)F)cn1. The number of halogens is 2. The molecule has 0 saturated heterocycles. The highest BCUT2D eigenvalue weighted by atomic mass is 19.3. The average molecular weight is 295 g/mol. The zero-order valence-corrected chi connectivity index (χ0v) is 11.8. The van der Waals surface area contributed by atoms with Crippen molar-refractivity contribution >= 4 is 5.97 Å². The van der Waals surface area contributed by atoms with Crippen molar-refractivity contribution in [2.45, 2.75) is 20.3 Å². The third-order valence-corrected chi connectivity index (χ3v) is 2.47. The lowest BCUT2D eigenvalue weighted by Gasteiger charge is -2.05. The summed E-state index contributed by atoms with van der Waals surface area (Å²) in [5, 5.41) is 0. The molecule has 1 aromatic heterocycles. The standard InChI is InChI=1S/C15H15F2NO3/c1-3-4-8-20-13-6-5-12(10-18-13)15(19)21-9-7-11(2)14(16)17/h5-6,10H,7-9H2,1-2H3. The van der Waals surface area contributed by atoms with E-state index in [-0.39, 0.29) is 30.8 Å². The first-order valence-corrected chi connectivity index (χ1v) is 6.21. The summed E-state index contributed by atoms with van der Waals surface area (Å²) in [6.07, 6.45) is -0.446. The zero-order valence-electron chi connectivity index (χ0n) is 11.8. The van der Waals surface area contributed by atoms with Gasteiger partial charge in [-0.3, -0.25) is 0 Å². The van der Waals surface area contributed by atoms with Crippen molar-refractivity contribution in [2.24, 2.45) is 0 Å². The molecule has 0 aliphatic carbocycles. The van der Waals surface area contributed by atoms with Crippen LogP contribution in [0.15, 0.2) is 30.0 Å². The molecule has 112 valence electrons. The third kappa shape index (κ3) is 6.04. The molecule has 21 heavy (non-hydrogen) atoms. The van der Waals surface area contributed by atoms with E-state index in [2.05, 4.69) is 16.8 Å². The average Bonchev–Trinajstić information content (AvgIpc) is 2.47. The van der Waals surface area contributed by atoms with Crippen molar-refractivity contribution in [1.82, 2.24) is 4.98 Å². The van der Waals surface area contributed by atoms with E-state index < -0.39 is 12.0 Å². The fourth-order valence-electron chi connectivity index (χ4n) is 1.24. The van der Waals surface area contributed by atoms with Crippen LogP contribution in [0.4, 0.5) is 8.78 Å². The number of aromatic nitrogens is 1. The summed E-state index contributed by atoms with van der Waals surface area (Å²) >= 11 is 0. The Morgan fingerprint density at radius 2 is 2.14 bits per heavy atom. The van der Waals surface area contributed by atoms with Gasteiger partial charge in [0.15, 0.2) is 6.61 Å². The highest BCUT2D eigenvalue weighted by Crippen LogP contribution is 2.12. The number of carbonyl (C=O) groups is 1. The van der Waals surface area contributed by atoms with Gasteiger partial charge in [-0.05, 0) is 25.5 Å². The maximum atomic E-state index is 12.2. The quantitative estimate of drug-likeness (QED) is 0.597. The number of pyridine rings is 1. The largest absolute Gasteiger partial charge is 0.464 e. The first-order valence-electron chi connectivity index (χ1n) is 6.21. The van der Waals surface area contributed by atoms with Crippen molar-refractivity contribution in [3.8, 4) is 17.7 Å². The molecule has 1 heterocycles. The van der Waals surface area contributed by atoms with Crippen LogP contribution >= 0.6 is 0 Å². The lowest BCUT2D eigenvalue weighted by atomic mass is 10.2. The smallest absolute Gasteiger partial charge is 0.339 e. The van der Waals surface area contributed by atoms with E-state index in [9.17, 15) is 13.6 Å². The summed E-state index contributed by atoms with van der Waals surface area (Å²) in [6, 6.07) is 3.00. The number of carbonyl (C=O) groups excluding carboxylic acids is 1. The molecule has 0 saturated carbocycles. The highest BCUT2D eigenvalue weighted by Gasteiger charge is 2.09. The van der Waals surface area contributed by atoms with Gasteiger partial charge in [-0.1, -0.05) is 5.92 Å². The summed E-state index contributed by atoms with van der Waals surface area (Å²) in [5.74, 6) is 5.11. The Bertz CT molecular complexity index is 567. The Morgan fingerprint density at radius 1 is 1.38 bits per heavy atom. The monoisotopic (exact) mass is 295 g/mol. The van der Waals surface area contributed by atoms with Crippen LogP contribution in [0.25, 0.3) is 0 Å². The lowest BCUT2D eigenvalue weighted by Crippen LogP contribution is -2.07. The summed E-state index contributed by atoms with van der Waals surface area (Å²) < 4.78 is 34.4. The molecular formula is C15H15F2NO3. The van der Waals surface area contributed by atoms with Crippen molar-refractivity contribution in [2.75, 3.05) is 13.2 Å². The first-order chi connectivity index (χ1) is 10.0. The Labute approximate surface area is 121 Å². The molecule has 0 amide bonds. The van der Waals surface area contributed by atoms with Crippen molar-refractivity contribution in [3.63, 3.8) is 0 Å². The van der Waals surface area contributed by atoms with Crippen molar-refractivity contribution < 1.29 is 23.0 Å². The molecule has 0 aliphatic rings.